The Bertz CT molecular complexity index is 2510. The number of nitrogens with zero attached hydrogens (tertiary/aromatic N) is 4. The zero-order chi connectivity index (χ0) is 38.6. The minimum Gasteiger partial charge on any atom is -0.351 e. The fraction of sp³-hybridized carbons (Fsp3) is 0.297. The minimum atomic E-state index is -4.46. The van der Waals surface area contributed by atoms with Crippen molar-refractivity contribution in [2.24, 2.45) is 5.92 Å². The Labute approximate surface area is 345 Å². The summed E-state index contributed by atoms with van der Waals surface area (Å²) < 4.78 is 37.2. The van der Waals surface area contributed by atoms with E-state index < -0.39 is 16.0 Å². The van der Waals surface area contributed by atoms with Crippen LogP contribution in [0, 0.1) is 5.92 Å². The van der Waals surface area contributed by atoms with Crippen molar-refractivity contribution in [3.8, 4) is 21.9 Å². The Morgan fingerprint density at radius 3 is 2.11 bits per heavy atom. The second-order valence-electron chi connectivity index (χ2n) is 13.5. The summed E-state index contributed by atoms with van der Waals surface area (Å²) in [4.78, 5) is 28.1. The summed E-state index contributed by atoms with van der Waals surface area (Å²) in [5.41, 5.74) is 5.42. The smallest absolute Gasteiger partial charge is 0.304 e. The van der Waals surface area contributed by atoms with E-state index in [0.29, 0.717) is 86.3 Å². The van der Waals surface area contributed by atoms with E-state index in [1.807, 2.05) is 6.07 Å². The Balaban J connectivity index is 1.01. The van der Waals surface area contributed by atoms with Crippen LogP contribution < -0.4 is 10.6 Å². The maximum Gasteiger partial charge on any atom is 0.304 e. The topological polar surface area (TPSA) is 148 Å². The van der Waals surface area contributed by atoms with Crippen LogP contribution in [0.3, 0.4) is 0 Å². The number of fused-ring (bicyclic) bond motifs is 6. The molecule has 3 aliphatic rings. The summed E-state index contributed by atoms with van der Waals surface area (Å²) >= 11 is 28.3. The molecule has 3 aromatic heterocycles. The Morgan fingerprint density at radius 1 is 0.836 bits per heavy atom. The van der Waals surface area contributed by atoms with Crippen molar-refractivity contribution >= 4 is 91.4 Å². The van der Waals surface area contributed by atoms with E-state index in [4.69, 9.17) is 56.6 Å². The van der Waals surface area contributed by atoms with Gasteiger partial charge < -0.3 is 10.6 Å². The monoisotopic (exact) mass is 876 g/mol. The van der Waals surface area contributed by atoms with Crippen LogP contribution in [0.4, 0.5) is 0 Å². The largest absolute Gasteiger partial charge is 0.351 e. The number of nitrogens with one attached hydrogen (secondary N) is 2. The molecule has 0 radical (unpaired) electrons. The Morgan fingerprint density at radius 2 is 1.45 bits per heavy atom. The van der Waals surface area contributed by atoms with Crippen molar-refractivity contribution < 1.29 is 22.6 Å². The van der Waals surface area contributed by atoms with E-state index in [2.05, 4.69) is 22.1 Å². The normalized spacial score (nSPS) is 17.5. The number of hydrogen-bond donors (Lipinski definition) is 3. The van der Waals surface area contributed by atoms with Crippen molar-refractivity contribution in [2.75, 3.05) is 13.1 Å². The maximum atomic E-state index is 13.8. The standard InChI is InChI=1S/C37H32Cl4N6O5S3/c38-21-8-10-27(25(40)17-21)46-32-23(6-1-4-19-12-15-53-34(19)32)30(44-46)36(48)42-13-3-14-43-37(49)31-24-7-2-5-20-16-29(55(50,51)52)54-35(20)33(24)47(45-31)28-11-9-22(39)18-26(28)41/h8-12,15-19,34H,1-7,13-14H2,(H,42,48)(H,43,49)(H,50,51,52). The molecule has 2 aliphatic carbocycles. The number of hydrogen-bond acceptors (Lipinski definition) is 8. The fourth-order valence-corrected chi connectivity index (χ4v) is 11.6. The van der Waals surface area contributed by atoms with Gasteiger partial charge in [0.05, 0.1) is 42.9 Å². The van der Waals surface area contributed by atoms with E-state index in [1.165, 1.54) is 6.07 Å². The average Bonchev–Trinajstić information content (AvgIpc) is 3.89. The summed E-state index contributed by atoms with van der Waals surface area (Å²) in [5, 5.41) is 19.3. The lowest BCUT2D eigenvalue weighted by atomic mass is 10.00. The van der Waals surface area contributed by atoms with E-state index >= 15 is 0 Å². The Kier molecular flexibility index (Phi) is 10.9. The maximum absolute atomic E-state index is 13.8. The number of allylic oxidation sites excluding steroid dienone is 1. The first-order chi connectivity index (χ1) is 26.4. The highest BCUT2D eigenvalue weighted by Crippen LogP contribution is 2.50. The number of aromatic nitrogens is 4. The lowest BCUT2D eigenvalue weighted by Crippen LogP contribution is -2.31. The van der Waals surface area contributed by atoms with Crippen molar-refractivity contribution in [1.82, 2.24) is 30.2 Å². The lowest BCUT2D eigenvalue weighted by Gasteiger charge is -2.19. The molecular formula is C37H32Cl4N6O5S3. The van der Waals surface area contributed by atoms with Gasteiger partial charge in [0, 0.05) is 34.3 Å². The number of halogens is 4. The van der Waals surface area contributed by atoms with Crippen LogP contribution in [-0.2, 0) is 29.4 Å². The predicted molar refractivity (Wildman–Crippen MR) is 218 cm³/mol. The molecule has 286 valence electrons. The van der Waals surface area contributed by atoms with Crippen molar-refractivity contribution in [1.29, 1.82) is 0 Å². The average molecular weight is 879 g/mol. The van der Waals surface area contributed by atoms with Crippen molar-refractivity contribution in [3.05, 3.63) is 108 Å². The van der Waals surface area contributed by atoms with Gasteiger partial charge in [0.25, 0.3) is 11.8 Å². The molecule has 0 fully saturated rings. The quantitative estimate of drug-likeness (QED) is 0.0983. The molecule has 0 saturated carbocycles. The SMILES string of the molecule is O=C(NCCCNC(=O)c1nn(-c2ccc(Cl)cc2Cl)c2c1CCCC1C=CSC21)c1nn(-c2ccc(Cl)cc2Cl)c2c1CCCc1cc(S(=O)(=O)O)sc1-2. The van der Waals surface area contributed by atoms with Gasteiger partial charge in [0.2, 0.25) is 0 Å². The number of thioether (sulfide) groups is 1. The molecule has 3 N–H and O–H groups in total. The summed E-state index contributed by atoms with van der Waals surface area (Å²) in [6.45, 7) is 0.507. The number of aryl methyl sites for hydroxylation is 1. The van der Waals surface area contributed by atoms with Gasteiger partial charge in [-0.2, -0.15) is 18.6 Å². The third kappa shape index (κ3) is 7.48. The molecule has 55 heavy (non-hydrogen) atoms. The summed E-state index contributed by atoms with van der Waals surface area (Å²) in [5.74, 6) is -0.401. The second-order valence-corrected chi connectivity index (χ2v) is 18.9. The first-order valence-corrected chi connectivity index (χ1v) is 22.2. The number of carbonyl (C=O) groups excluding carboxylic acids is 2. The highest BCUT2D eigenvalue weighted by Gasteiger charge is 2.37. The summed E-state index contributed by atoms with van der Waals surface area (Å²) in [7, 11) is -4.46. The molecule has 18 heteroatoms. The third-order valence-electron chi connectivity index (χ3n) is 9.94. The summed E-state index contributed by atoms with van der Waals surface area (Å²) in [6.07, 6.45) is 6.94. The van der Waals surface area contributed by atoms with Gasteiger partial charge in [-0.05, 0) is 104 Å². The van der Waals surface area contributed by atoms with Gasteiger partial charge in [-0.3, -0.25) is 14.1 Å². The van der Waals surface area contributed by atoms with Crippen LogP contribution in [-0.4, -0.2) is 57.4 Å². The molecule has 5 aromatic rings. The van der Waals surface area contributed by atoms with Gasteiger partial charge in [-0.1, -0.05) is 52.5 Å². The lowest BCUT2D eigenvalue weighted by molar-refractivity contribution is 0.0945. The Hall–Kier alpha value is -3.34. The van der Waals surface area contributed by atoms with Crippen molar-refractivity contribution in [2.45, 2.75) is 54.4 Å². The van der Waals surface area contributed by atoms with Gasteiger partial charge in [0.1, 0.15) is 4.21 Å². The minimum absolute atomic E-state index is 0.110. The predicted octanol–water partition coefficient (Wildman–Crippen LogP) is 8.94. The van der Waals surface area contributed by atoms with Crippen LogP contribution >= 0.6 is 69.5 Å². The second kappa shape index (κ2) is 15.5. The molecule has 0 spiro atoms. The fourth-order valence-electron chi connectivity index (χ4n) is 7.45. The molecule has 2 aromatic carbocycles. The molecule has 2 unspecified atom stereocenters. The van der Waals surface area contributed by atoms with Gasteiger partial charge >= 0.3 is 10.1 Å². The van der Waals surface area contributed by atoms with Crippen LogP contribution in [0.25, 0.3) is 21.9 Å². The van der Waals surface area contributed by atoms with Crippen LogP contribution in [0.2, 0.25) is 20.1 Å². The van der Waals surface area contributed by atoms with Crippen LogP contribution in [0.5, 0.6) is 0 Å². The summed E-state index contributed by atoms with van der Waals surface area (Å²) in [6, 6.07) is 11.6. The molecule has 11 nitrogen and oxygen atoms in total. The highest BCUT2D eigenvalue weighted by atomic mass is 35.5. The number of carbonyl (C=O) groups is 2. The molecule has 4 heterocycles. The molecule has 2 amide bonds. The van der Waals surface area contributed by atoms with E-state index in [1.54, 1.807) is 51.5 Å². The van der Waals surface area contributed by atoms with Gasteiger partial charge in [-0.15, -0.1) is 23.1 Å². The molecular weight excluding hydrogens is 846 g/mol. The van der Waals surface area contributed by atoms with Gasteiger partial charge in [-0.25, -0.2) is 9.36 Å². The molecule has 0 bridgehead atoms. The van der Waals surface area contributed by atoms with E-state index in [9.17, 15) is 22.6 Å². The third-order valence-corrected chi connectivity index (χ3v) is 14.7. The zero-order valence-electron chi connectivity index (χ0n) is 28.8. The number of thiophene rings is 1. The van der Waals surface area contributed by atoms with E-state index in [0.717, 1.165) is 41.0 Å². The molecule has 0 saturated heterocycles. The number of benzene rings is 2. The van der Waals surface area contributed by atoms with Crippen molar-refractivity contribution in [3.63, 3.8) is 0 Å². The number of amides is 2. The highest BCUT2D eigenvalue weighted by molar-refractivity contribution is 8.02. The number of rotatable bonds is 9. The molecule has 2 atom stereocenters. The van der Waals surface area contributed by atoms with Crippen LogP contribution in [0.1, 0.15) is 74.3 Å². The zero-order valence-corrected chi connectivity index (χ0v) is 34.3. The first-order valence-electron chi connectivity index (χ1n) is 17.5. The first kappa shape index (κ1) is 38.5. The van der Waals surface area contributed by atoms with E-state index in [-0.39, 0.29) is 39.2 Å². The molecule has 1 aliphatic heterocycles. The molecule has 8 rings (SSSR count). The van der Waals surface area contributed by atoms with Gasteiger partial charge in [0.15, 0.2) is 11.4 Å². The van der Waals surface area contributed by atoms with Crippen LogP contribution in [0.15, 0.2) is 58.2 Å².